The average Bonchev–Trinajstić information content (AvgIpc) is 2.77. The van der Waals surface area contributed by atoms with E-state index in [4.69, 9.17) is 9.47 Å². The zero-order valence-electron chi connectivity index (χ0n) is 16.4. The topological polar surface area (TPSA) is 76.6 Å². The van der Waals surface area contributed by atoms with Crippen LogP contribution in [-0.4, -0.2) is 47.2 Å². The van der Waals surface area contributed by atoms with Gasteiger partial charge in [0, 0.05) is 13.1 Å². The van der Waals surface area contributed by atoms with Gasteiger partial charge in [-0.05, 0) is 29.2 Å². The van der Waals surface area contributed by atoms with Crippen LogP contribution in [0.25, 0.3) is 10.8 Å². The Bertz CT molecular complexity index is 989. The third-order valence-corrected chi connectivity index (χ3v) is 5.06. The molecule has 0 saturated carbocycles. The van der Waals surface area contributed by atoms with Gasteiger partial charge in [-0.2, -0.15) is 4.98 Å². The van der Waals surface area contributed by atoms with Crippen molar-refractivity contribution in [2.75, 3.05) is 20.2 Å². The van der Waals surface area contributed by atoms with E-state index in [1.54, 1.807) is 11.1 Å². The predicted molar refractivity (Wildman–Crippen MR) is 110 cm³/mol. The Balaban J connectivity index is 1.36. The summed E-state index contributed by atoms with van der Waals surface area (Å²) in [7, 11) is 1.54. The SMILES string of the molecule is COc1cncc(OC2CCCN(C(=O)NCc3cccc4ccccc34)C2)n1. The molecule has 2 amide bonds. The molecule has 1 aliphatic heterocycles. The average molecular weight is 392 g/mol. The van der Waals surface area contributed by atoms with Crippen LogP contribution < -0.4 is 14.8 Å². The maximum atomic E-state index is 12.7. The van der Waals surface area contributed by atoms with Crippen molar-refractivity contribution in [1.82, 2.24) is 20.2 Å². The summed E-state index contributed by atoms with van der Waals surface area (Å²) < 4.78 is 11.0. The van der Waals surface area contributed by atoms with Crippen LogP contribution >= 0.6 is 0 Å². The minimum absolute atomic E-state index is 0.0806. The Morgan fingerprint density at radius 2 is 2.00 bits per heavy atom. The van der Waals surface area contributed by atoms with Crippen LogP contribution in [0.15, 0.2) is 54.9 Å². The number of hydrogen-bond acceptors (Lipinski definition) is 5. The van der Waals surface area contributed by atoms with Crippen molar-refractivity contribution >= 4 is 16.8 Å². The summed E-state index contributed by atoms with van der Waals surface area (Å²) in [4.78, 5) is 22.8. The molecule has 1 unspecified atom stereocenters. The second-order valence-corrected chi connectivity index (χ2v) is 7.02. The summed E-state index contributed by atoms with van der Waals surface area (Å²) in [5, 5.41) is 5.38. The van der Waals surface area contributed by atoms with Crippen LogP contribution in [0.4, 0.5) is 4.79 Å². The first kappa shape index (κ1) is 19.0. The Hall–Kier alpha value is -3.35. The molecule has 4 rings (SSSR count). The highest BCUT2D eigenvalue weighted by molar-refractivity contribution is 5.86. The Labute approximate surface area is 169 Å². The van der Waals surface area contributed by atoms with Crippen molar-refractivity contribution in [1.29, 1.82) is 0 Å². The maximum Gasteiger partial charge on any atom is 0.317 e. The third-order valence-electron chi connectivity index (χ3n) is 5.06. The van der Waals surface area contributed by atoms with Crippen molar-refractivity contribution in [2.45, 2.75) is 25.5 Å². The summed E-state index contributed by atoms with van der Waals surface area (Å²) in [6.07, 6.45) is 4.71. The monoisotopic (exact) mass is 392 g/mol. The fraction of sp³-hybridized carbons (Fsp3) is 0.318. The van der Waals surface area contributed by atoms with E-state index in [9.17, 15) is 4.79 Å². The molecule has 0 aliphatic carbocycles. The van der Waals surface area contributed by atoms with Crippen molar-refractivity contribution < 1.29 is 14.3 Å². The number of urea groups is 1. The maximum absolute atomic E-state index is 12.7. The van der Waals surface area contributed by atoms with Crippen LogP contribution in [0.2, 0.25) is 0 Å². The lowest BCUT2D eigenvalue weighted by Gasteiger charge is -2.32. The molecule has 7 nitrogen and oxygen atoms in total. The fourth-order valence-corrected chi connectivity index (χ4v) is 3.61. The molecule has 1 atom stereocenters. The van der Waals surface area contributed by atoms with Crippen LogP contribution in [0, 0.1) is 0 Å². The summed E-state index contributed by atoms with van der Waals surface area (Å²) >= 11 is 0. The second kappa shape index (κ2) is 8.77. The number of hydrogen-bond donors (Lipinski definition) is 1. The van der Waals surface area contributed by atoms with Gasteiger partial charge in [0.2, 0.25) is 11.8 Å². The van der Waals surface area contributed by atoms with Crippen LogP contribution in [0.3, 0.4) is 0 Å². The number of aromatic nitrogens is 2. The standard InChI is InChI=1S/C22H24N4O3/c1-28-20-13-23-14-21(25-20)29-18-9-5-11-26(15-18)22(27)24-12-17-8-4-7-16-6-2-3-10-19(16)17/h2-4,6-8,10,13-14,18H,5,9,11-12,15H2,1H3,(H,24,27). The molecule has 0 radical (unpaired) electrons. The molecule has 2 heterocycles. The quantitative estimate of drug-likeness (QED) is 0.720. The largest absolute Gasteiger partial charge is 0.480 e. The first-order valence-electron chi connectivity index (χ1n) is 9.75. The van der Waals surface area contributed by atoms with Gasteiger partial charge in [-0.25, -0.2) is 4.79 Å². The van der Waals surface area contributed by atoms with E-state index >= 15 is 0 Å². The van der Waals surface area contributed by atoms with Gasteiger partial charge in [0.25, 0.3) is 0 Å². The molecular weight excluding hydrogens is 368 g/mol. The van der Waals surface area contributed by atoms with E-state index < -0.39 is 0 Å². The van der Waals surface area contributed by atoms with E-state index in [0.29, 0.717) is 31.4 Å². The molecule has 1 aromatic heterocycles. The number of carbonyl (C=O) groups excluding carboxylic acids is 1. The summed E-state index contributed by atoms with van der Waals surface area (Å²) in [6.45, 7) is 1.72. The second-order valence-electron chi connectivity index (χ2n) is 7.02. The van der Waals surface area contributed by atoms with Gasteiger partial charge < -0.3 is 19.7 Å². The molecular formula is C22H24N4O3. The van der Waals surface area contributed by atoms with Crippen LogP contribution in [-0.2, 0) is 6.54 Å². The normalized spacial score (nSPS) is 16.4. The number of carbonyl (C=O) groups is 1. The number of methoxy groups -OCH3 is 1. The number of amides is 2. The van der Waals surface area contributed by atoms with Gasteiger partial charge in [-0.15, -0.1) is 0 Å². The van der Waals surface area contributed by atoms with Crippen molar-refractivity contribution in [3.05, 3.63) is 60.4 Å². The molecule has 150 valence electrons. The number of fused-ring (bicyclic) bond motifs is 1. The number of benzene rings is 2. The first-order chi connectivity index (χ1) is 14.2. The lowest BCUT2D eigenvalue weighted by Crippen LogP contribution is -2.48. The molecule has 1 fully saturated rings. The molecule has 1 saturated heterocycles. The molecule has 0 spiro atoms. The van der Waals surface area contributed by atoms with Gasteiger partial charge in [0.05, 0.1) is 26.0 Å². The Morgan fingerprint density at radius 1 is 1.17 bits per heavy atom. The molecule has 3 aromatic rings. The minimum Gasteiger partial charge on any atom is -0.480 e. The number of ether oxygens (including phenoxy) is 2. The highest BCUT2D eigenvalue weighted by Crippen LogP contribution is 2.20. The Morgan fingerprint density at radius 3 is 2.90 bits per heavy atom. The van der Waals surface area contributed by atoms with Gasteiger partial charge >= 0.3 is 6.03 Å². The lowest BCUT2D eigenvalue weighted by atomic mass is 10.0. The number of nitrogens with one attached hydrogen (secondary N) is 1. The van der Waals surface area contributed by atoms with E-state index in [-0.39, 0.29) is 12.1 Å². The van der Waals surface area contributed by atoms with Crippen molar-refractivity contribution in [2.24, 2.45) is 0 Å². The summed E-state index contributed by atoms with van der Waals surface area (Å²) in [6, 6.07) is 14.3. The lowest BCUT2D eigenvalue weighted by molar-refractivity contribution is 0.0968. The minimum atomic E-state index is -0.117. The predicted octanol–water partition coefficient (Wildman–Crippen LogP) is 3.39. The summed E-state index contributed by atoms with van der Waals surface area (Å²) in [5.41, 5.74) is 1.10. The molecule has 2 aromatic carbocycles. The summed E-state index contributed by atoms with van der Waals surface area (Å²) in [5.74, 6) is 0.815. The molecule has 7 heteroatoms. The number of piperidine rings is 1. The highest BCUT2D eigenvalue weighted by Gasteiger charge is 2.25. The van der Waals surface area contributed by atoms with Gasteiger partial charge in [0.15, 0.2) is 0 Å². The zero-order valence-corrected chi connectivity index (χ0v) is 16.4. The van der Waals surface area contributed by atoms with Gasteiger partial charge in [-0.1, -0.05) is 42.5 Å². The van der Waals surface area contributed by atoms with E-state index in [1.165, 1.54) is 18.7 Å². The smallest absolute Gasteiger partial charge is 0.317 e. The fourth-order valence-electron chi connectivity index (χ4n) is 3.61. The van der Waals surface area contributed by atoms with Crippen LogP contribution in [0.1, 0.15) is 18.4 Å². The first-order valence-corrected chi connectivity index (χ1v) is 9.75. The zero-order chi connectivity index (χ0) is 20.1. The van der Waals surface area contributed by atoms with Gasteiger partial charge in [0.1, 0.15) is 6.10 Å². The molecule has 1 N–H and O–H groups in total. The van der Waals surface area contributed by atoms with E-state index in [1.807, 2.05) is 24.3 Å². The van der Waals surface area contributed by atoms with Crippen LogP contribution in [0.5, 0.6) is 11.8 Å². The van der Waals surface area contributed by atoms with E-state index in [2.05, 4.69) is 33.5 Å². The number of nitrogens with zero attached hydrogens (tertiary/aromatic N) is 3. The molecule has 29 heavy (non-hydrogen) atoms. The van der Waals surface area contributed by atoms with Crippen molar-refractivity contribution in [3.63, 3.8) is 0 Å². The Kier molecular flexibility index (Phi) is 5.74. The van der Waals surface area contributed by atoms with E-state index in [0.717, 1.165) is 23.8 Å². The molecule has 0 bridgehead atoms. The molecule has 1 aliphatic rings. The highest BCUT2D eigenvalue weighted by atomic mass is 16.5. The number of rotatable bonds is 5. The van der Waals surface area contributed by atoms with Crippen molar-refractivity contribution in [3.8, 4) is 11.8 Å². The third kappa shape index (κ3) is 4.56. The number of likely N-dealkylation sites (tertiary alicyclic amines) is 1. The van der Waals surface area contributed by atoms with Gasteiger partial charge in [-0.3, -0.25) is 4.98 Å².